The first-order chi connectivity index (χ1) is 8.78. The highest BCUT2D eigenvalue weighted by molar-refractivity contribution is 5.40. The van der Waals surface area contributed by atoms with Crippen molar-refractivity contribution in [3.63, 3.8) is 0 Å². The number of hydrogen-bond acceptors (Lipinski definition) is 2. The van der Waals surface area contributed by atoms with E-state index in [4.69, 9.17) is 5.73 Å². The number of nitrogens with zero attached hydrogens (tertiary/aromatic N) is 1. The molecule has 1 aromatic rings. The van der Waals surface area contributed by atoms with E-state index >= 15 is 0 Å². The average molecular weight is 246 g/mol. The number of nitrogen functional groups attached to an aromatic ring is 1. The Hall–Kier alpha value is -1.02. The van der Waals surface area contributed by atoms with Gasteiger partial charge in [0.15, 0.2) is 0 Å². The lowest BCUT2D eigenvalue weighted by Crippen LogP contribution is -2.28. The van der Waals surface area contributed by atoms with Crippen molar-refractivity contribution in [3.8, 4) is 0 Å². The standard InChI is InChI=1S/C16H26N2/c1-2-10-18(13-15-8-9-15)11-4-6-14-5-3-7-16(17)12-14/h3,5,7,12,15H,2,4,6,8-11,13,17H2,1H3. The normalized spacial score (nSPS) is 15.2. The lowest BCUT2D eigenvalue weighted by molar-refractivity contribution is 0.260. The molecule has 0 atom stereocenters. The Morgan fingerprint density at radius 3 is 2.78 bits per heavy atom. The summed E-state index contributed by atoms with van der Waals surface area (Å²) in [6.45, 7) is 6.09. The Bertz CT molecular complexity index is 358. The Kier molecular flexibility index (Phi) is 5.06. The van der Waals surface area contributed by atoms with Gasteiger partial charge in [-0.3, -0.25) is 0 Å². The molecule has 0 radical (unpaired) electrons. The Balaban J connectivity index is 1.71. The topological polar surface area (TPSA) is 29.3 Å². The van der Waals surface area contributed by atoms with Crippen molar-refractivity contribution >= 4 is 5.69 Å². The SMILES string of the molecule is CCCN(CCCc1cccc(N)c1)CC1CC1. The summed E-state index contributed by atoms with van der Waals surface area (Å²) in [5, 5.41) is 0. The number of anilines is 1. The monoisotopic (exact) mass is 246 g/mol. The second kappa shape index (κ2) is 6.79. The zero-order valence-electron chi connectivity index (χ0n) is 11.6. The average Bonchev–Trinajstić information content (AvgIpc) is 3.13. The molecule has 2 nitrogen and oxygen atoms in total. The number of nitrogens with two attached hydrogens (primary N) is 1. The molecule has 0 bridgehead atoms. The van der Waals surface area contributed by atoms with Crippen molar-refractivity contribution < 1.29 is 0 Å². The first kappa shape index (κ1) is 13.4. The summed E-state index contributed by atoms with van der Waals surface area (Å²) in [7, 11) is 0. The van der Waals surface area contributed by atoms with Crippen LogP contribution in [0, 0.1) is 5.92 Å². The van der Waals surface area contributed by atoms with Gasteiger partial charge in [0.05, 0.1) is 0 Å². The molecule has 0 amide bonds. The van der Waals surface area contributed by atoms with E-state index in [0.717, 1.165) is 18.0 Å². The van der Waals surface area contributed by atoms with Crippen LogP contribution in [0.2, 0.25) is 0 Å². The molecule has 2 N–H and O–H groups in total. The first-order valence-corrected chi connectivity index (χ1v) is 7.34. The van der Waals surface area contributed by atoms with Gasteiger partial charge in [-0.05, 0) is 68.8 Å². The van der Waals surface area contributed by atoms with Crippen molar-refractivity contribution in [2.45, 2.75) is 39.0 Å². The summed E-state index contributed by atoms with van der Waals surface area (Å²) in [4.78, 5) is 2.64. The predicted octanol–water partition coefficient (Wildman–Crippen LogP) is 3.32. The lowest BCUT2D eigenvalue weighted by atomic mass is 10.1. The Morgan fingerprint density at radius 1 is 1.28 bits per heavy atom. The van der Waals surface area contributed by atoms with Gasteiger partial charge in [0.1, 0.15) is 0 Å². The molecule has 2 rings (SSSR count). The van der Waals surface area contributed by atoms with E-state index in [1.165, 1.54) is 50.9 Å². The highest BCUT2D eigenvalue weighted by atomic mass is 15.1. The number of hydrogen-bond donors (Lipinski definition) is 1. The summed E-state index contributed by atoms with van der Waals surface area (Å²) in [5.74, 6) is 1.00. The van der Waals surface area contributed by atoms with Crippen LogP contribution in [0.1, 0.15) is 38.2 Å². The summed E-state index contributed by atoms with van der Waals surface area (Å²) < 4.78 is 0. The highest BCUT2D eigenvalue weighted by Crippen LogP contribution is 2.29. The fraction of sp³-hybridized carbons (Fsp3) is 0.625. The Morgan fingerprint density at radius 2 is 2.11 bits per heavy atom. The molecule has 0 aliphatic heterocycles. The molecule has 1 saturated carbocycles. The van der Waals surface area contributed by atoms with Crippen molar-refractivity contribution in [1.82, 2.24) is 4.90 Å². The van der Waals surface area contributed by atoms with Crippen LogP contribution in [0.3, 0.4) is 0 Å². The van der Waals surface area contributed by atoms with Gasteiger partial charge in [0, 0.05) is 12.2 Å². The molecule has 1 aliphatic rings. The molecule has 2 heteroatoms. The van der Waals surface area contributed by atoms with Crippen LogP contribution in [0.5, 0.6) is 0 Å². The minimum Gasteiger partial charge on any atom is -0.399 e. The van der Waals surface area contributed by atoms with E-state index in [2.05, 4.69) is 30.0 Å². The van der Waals surface area contributed by atoms with Crippen molar-refractivity contribution in [2.75, 3.05) is 25.4 Å². The van der Waals surface area contributed by atoms with Gasteiger partial charge in [-0.1, -0.05) is 19.1 Å². The van der Waals surface area contributed by atoms with Crippen LogP contribution < -0.4 is 5.73 Å². The third-order valence-electron chi connectivity index (χ3n) is 3.64. The molecule has 1 aliphatic carbocycles. The maximum absolute atomic E-state index is 5.80. The highest BCUT2D eigenvalue weighted by Gasteiger charge is 2.23. The third-order valence-corrected chi connectivity index (χ3v) is 3.64. The molecule has 0 spiro atoms. The maximum Gasteiger partial charge on any atom is 0.0316 e. The van der Waals surface area contributed by atoms with Crippen LogP contribution in [0.15, 0.2) is 24.3 Å². The van der Waals surface area contributed by atoms with Crippen molar-refractivity contribution in [3.05, 3.63) is 29.8 Å². The fourth-order valence-electron chi connectivity index (χ4n) is 2.53. The number of rotatable bonds is 8. The minimum atomic E-state index is 0.885. The molecule has 18 heavy (non-hydrogen) atoms. The van der Waals surface area contributed by atoms with Gasteiger partial charge in [0.2, 0.25) is 0 Å². The van der Waals surface area contributed by atoms with Gasteiger partial charge < -0.3 is 10.6 Å². The van der Waals surface area contributed by atoms with E-state index in [1.54, 1.807) is 0 Å². The molecule has 1 fully saturated rings. The van der Waals surface area contributed by atoms with E-state index < -0.39 is 0 Å². The van der Waals surface area contributed by atoms with Gasteiger partial charge in [0.25, 0.3) is 0 Å². The summed E-state index contributed by atoms with van der Waals surface area (Å²) >= 11 is 0. The second-order valence-corrected chi connectivity index (χ2v) is 5.59. The molecule has 0 unspecified atom stereocenters. The minimum absolute atomic E-state index is 0.885. The first-order valence-electron chi connectivity index (χ1n) is 7.34. The summed E-state index contributed by atoms with van der Waals surface area (Å²) in [6, 6.07) is 8.30. The maximum atomic E-state index is 5.80. The number of benzene rings is 1. The number of aryl methyl sites for hydroxylation is 1. The zero-order chi connectivity index (χ0) is 12.8. The summed E-state index contributed by atoms with van der Waals surface area (Å²) in [5.41, 5.74) is 8.06. The quantitative estimate of drug-likeness (QED) is 0.713. The molecule has 0 heterocycles. The molecular weight excluding hydrogens is 220 g/mol. The van der Waals surface area contributed by atoms with E-state index in [9.17, 15) is 0 Å². The predicted molar refractivity (Wildman–Crippen MR) is 78.6 cm³/mol. The van der Waals surface area contributed by atoms with Gasteiger partial charge in [-0.2, -0.15) is 0 Å². The summed E-state index contributed by atoms with van der Waals surface area (Å²) in [6.07, 6.45) is 6.57. The smallest absolute Gasteiger partial charge is 0.0316 e. The fourth-order valence-corrected chi connectivity index (χ4v) is 2.53. The van der Waals surface area contributed by atoms with Crippen LogP contribution >= 0.6 is 0 Å². The van der Waals surface area contributed by atoms with Crippen molar-refractivity contribution in [2.24, 2.45) is 5.92 Å². The van der Waals surface area contributed by atoms with E-state index in [-0.39, 0.29) is 0 Å². The van der Waals surface area contributed by atoms with Crippen molar-refractivity contribution in [1.29, 1.82) is 0 Å². The van der Waals surface area contributed by atoms with E-state index in [1.807, 2.05) is 6.07 Å². The van der Waals surface area contributed by atoms with Gasteiger partial charge >= 0.3 is 0 Å². The van der Waals surface area contributed by atoms with E-state index in [0.29, 0.717) is 0 Å². The molecule has 0 saturated heterocycles. The third kappa shape index (κ3) is 4.69. The Labute approximate surface area is 111 Å². The van der Waals surface area contributed by atoms with Gasteiger partial charge in [-0.25, -0.2) is 0 Å². The van der Waals surface area contributed by atoms with Gasteiger partial charge in [-0.15, -0.1) is 0 Å². The molecular formula is C16H26N2. The molecule has 100 valence electrons. The second-order valence-electron chi connectivity index (χ2n) is 5.59. The van der Waals surface area contributed by atoms with Crippen LogP contribution in [0.25, 0.3) is 0 Å². The molecule has 1 aromatic carbocycles. The zero-order valence-corrected chi connectivity index (χ0v) is 11.6. The van der Waals surface area contributed by atoms with Crippen LogP contribution in [-0.4, -0.2) is 24.5 Å². The largest absolute Gasteiger partial charge is 0.399 e. The molecule has 0 aromatic heterocycles. The van der Waals surface area contributed by atoms with Crippen LogP contribution in [0.4, 0.5) is 5.69 Å². The van der Waals surface area contributed by atoms with Crippen LogP contribution in [-0.2, 0) is 6.42 Å². The lowest BCUT2D eigenvalue weighted by Gasteiger charge is -2.21.